The van der Waals surface area contributed by atoms with Crippen LogP contribution in [-0.4, -0.2) is 40.2 Å². The number of aromatic nitrogens is 2. The second-order valence-corrected chi connectivity index (χ2v) is 7.15. The second kappa shape index (κ2) is 10.2. The van der Waals surface area contributed by atoms with Crippen LogP contribution in [0.5, 0.6) is 0 Å². The first kappa shape index (κ1) is 21.1. The molecule has 1 heterocycles. The van der Waals surface area contributed by atoms with Crippen molar-refractivity contribution < 1.29 is 9.59 Å². The van der Waals surface area contributed by atoms with Gasteiger partial charge >= 0.3 is 6.03 Å². The molecule has 3 aromatic rings. The summed E-state index contributed by atoms with van der Waals surface area (Å²) in [5.74, 6) is 0.0561. The normalized spacial score (nSPS) is 10.6. The van der Waals surface area contributed by atoms with Gasteiger partial charge in [0.2, 0.25) is 5.91 Å². The summed E-state index contributed by atoms with van der Waals surface area (Å²) >= 11 is 0. The summed E-state index contributed by atoms with van der Waals surface area (Å²) in [7, 11) is 1.80. The van der Waals surface area contributed by atoms with Gasteiger partial charge in [-0.3, -0.25) is 4.79 Å². The fraction of sp³-hybridized carbons (Fsp3) is 0.261. The summed E-state index contributed by atoms with van der Waals surface area (Å²) in [5.41, 5.74) is 8.87. The Hall–Kier alpha value is -3.61. The molecule has 0 saturated heterocycles. The Morgan fingerprint density at radius 1 is 1.03 bits per heavy atom. The molecule has 7 heteroatoms. The number of rotatable bonds is 9. The SMILES string of the molecule is CN(Cc1cn(-c2ccccc2)nc1-c1ccccc1)C(=O)CCCCNC(N)=O. The Bertz CT molecular complexity index is 970. The zero-order valence-corrected chi connectivity index (χ0v) is 17.1. The van der Waals surface area contributed by atoms with Crippen LogP contribution < -0.4 is 11.1 Å². The number of amides is 3. The number of carbonyl (C=O) groups is 2. The third-order valence-electron chi connectivity index (χ3n) is 4.81. The largest absolute Gasteiger partial charge is 0.352 e. The van der Waals surface area contributed by atoms with Crippen LogP contribution in [0.4, 0.5) is 4.79 Å². The van der Waals surface area contributed by atoms with E-state index >= 15 is 0 Å². The van der Waals surface area contributed by atoms with Crippen molar-refractivity contribution in [1.29, 1.82) is 0 Å². The fourth-order valence-corrected chi connectivity index (χ4v) is 3.22. The third-order valence-corrected chi connectivity index (χ3v) is 4.81. The lowest BCUT2D eigenvalue weighted by Gasteiger charge is -2.17. The highest BCUT2D eigenvalue weighted by Crippen LogP contribution is 2.24. The number of nitrogens with zero attached hydrogens (tertiary/aromatic N) is 3. The van der Waals surface area contributed by atoms with Gasteiger partial charge in [-0.15, -0.1) is 0 Å². The molecule has 0 saturated carbocycles. The summed E-state index contributed by atoms with van der Waals surface area (Å²) in [6.45, 7) is 0.948. The van der Waals surface area contributed by atoms with Gasteiger partial charge in [-0.1, -0.05) is 48.5 Å². The fourth-order valence-electron chi connectivity index (χ4n) is 3.22. The maximum Gasteiger partial charge on any atom is 0.312 e. The van der Waals surface area contributed by atoms with Crippen molar-refractivity contribution in [2.45, 2.75) is 25.8 Å². The Labute approximate surface area is 176 Å². The predicted octanol–water partition coefficient (Wildman–Crippen LogP) is 3.34. The number of hydrogen-bond donors (Lipinski definition) is 2. The number of primary amides is 1. The average Bonchev–Trinajstić information content (AvgIpc) is 3.18. The number of carbonyl (C=O) groups excluding carboxylic acids is 2. The van der Waals surface area contributed by atoms with E-state index in [-0.39, 0.29) is 5.91 Å². The van der Waals surface area contributed by atoms with Gasteiger partial charge in [-0.2, -0.15) is 5.10 Å². The zero-order valence-electron chi connectivity index (χ0n) is 17.1. The average molecular weight is 406 g/mol. The molecule has 0 spiro atoms. The molecule has 7 nitrogen and oxygen atoms in total. The summed E-state index contributed by atoms with van der Waals surface area (Å²) in [6, 6.07) is 19.4. The van der Waals surface area contributed by atoms with Gasteiger partial charge in [0.1, 0.15) is 0 Å². The van der Waals surface area contributed by atoms with Gasteiger partial charge in [0.15, 0.2) is 0 Å². The maximum absolute atomic E-state index is 12.6. The van der Waals surface area contributed by atoms with E-state index < -0.39 is 6.03 Å². The van der Waals surface area contributed by atoms with E-state index in [2.05, 4.69) is 5.32 Å². The molecule has 0 radical (unpaired) electrons. The van der Waals surface area contributed by atoms with Gasteiger partial charge in [0.05, 0.1) is 11.4 Å². The quantitative estimate of drug-likeness (QED) is 0.535. The van der Waals surface area contributed by atoms with Crippen LogP contribution in [0.2, 0.25) is 0 Å². The first-order valence-electron chi connectivity index (χ1n) is 10.0. The van der Waals surface area contributed by atoms with E-state index in [1.807, 2.05) is 71.5 Å². The number of urea groups is 1. The van der Waals surface area contributed by atoms with E-state index in [0.717, 1.165) is 22.5 Å². The molecule has 2 aromatic carbocycles. The number of nitrogens with two attached hydrogens (primary N) is 1. The van der Waals surface area contributed by atoms with Gasteiger partial charge in [-0.25, -0.2) is 9.48 Å². The molecule has 3 N–H and O–H groups in total. The predicted molar refractivity (Wildman–Crippen MR) is 117 cm³/mol. The van der Waals surface area contributed by atoms with E-state index in [1.165, 1.54) is 0 Å². The van der Waals surface area contributed by atoms with Gasteiger partial charge < -0.3 is 16.0 Å². The van der Waals surface area contributed by atoms with Gasteiger partial charge in [0, 0.05) is 43.9 Å². The topological polar surface area (TPSA) is 93.2 Å². The van der Waals surface area contributed by atoms with E-state index in [1.54, 1.807) is 11.9 Å². The number of unbranched alkanes of at least 4 members (excludes halogenated alkanes) is 1. The minimum atomic E-state index is -0.540. The maximum atomic E-state index is 12.6. The lowest BCUT2D eigenvalue weighted by atomic mass is 10.1. The second-order valence-electron chi connectivity index (χ2n) is 7.15. The molecule has 0 fully saturated rings. The van der Waals surface area contributed by atoms with Crippen molar-refractivity contribution in [2.75, 3.05) is 13.6 Å². The highest BCUT2D eigenvalue weighted by Gasteiger charge is 2.16. The monoisotopic (exact) mass is 405 g/mol. The van der Waals surface area contributed by atoms with Crippen molar-refractivity contribution in [1.82, 2.24) is 20.0 Å². The Kier molecular flexibility index (Phi) is 7.21. The molecule has 0 aliphatic heterocycles. The summed E-state index contributed by atoms with van der Waals surface area (Å²) < 4.78 is 1.85. The van der Waals surface area contributed by atoms with Crippen molar-refractivity contribution in [3.8, 4) is 16.9 Å². The first-order chi connectivity index (χ1) is 14.5. The smallest absolute Gasteiger partial charge is 0.312 e. The Morgan fingerprint density at radius 2 is 1.70 bits per heavy atom. The van der Waals surface area contributed by atoms with Crippen molar-refractivity contribution in [2.24, 2.45) is 5.73 Å². The standard InChI is InChI=1S/C23H27N5O2/c1-27(21(29)14-8-9-15-25-23(24)30)16-19-17-28(20-12-6-3-7-13-20)26-22(19)18-10-4-2-5-11-18/h2-7,10-13,17H,8-9,14-16H2,1H3,(H3,24,25,30). The number of nitrogens with one attached hydrogen (secondary N) is 1. The van der Waals surface area contributed by atoms with Crippen LogP contribution in [0.15, 0.2) is 66.9 Å². The lowest BCUT2D eigenvalue weighted by Crippen LogP contribution is -2.30. The molecular formula is C23H27N5O2. The van der Waals surface area contributed by atoms with Crippen LogP contribution in [0, 0.1) is 0 Å². The summed E-state index contributed by atoms with van der Waals surface area (Å²) in [6.07, 6.45) is 3.81. The molecule has 30 heavy (non-hydrogen) atoms. The van der Waals surface area contributed by atoms with Crippen molar-refractivity contribution >= 4 is 11.9 Å². The highest BCUT2D eigenvalue weighted by molar-refractivity contribution is 5.76. The van der Waals surface area contributed by atoms with E-state index in [4.69, 9.17) is 10.8 Å². The molecule has 3 amide bonds. The van der Waals surface area contributed by atoms with Crippen molar-refractivity contribution in [3.63, 3.8) is 0 Å². The summed E-state index contributed by atoms with van der Waals surface area (Å²) in [5, 5.41) is 7.33. The zero-order chi connectivity index (χ0) is 21.3. The van der Waals surface area contributed by atoms with Crippen LogP contribution in [-0.2, 0) is 11.3 Å². The molecule has 0 aliphatic carbocycles. The van der Waals surface area contributed by atoms with Crippen LogP contribution in [0.3, 0.4) is 0 Å². The molecule has 156 valence electrons. The van der Waals surface area contributed by atoms with Gasteiger partial charge in [-0.05, 0) is 25.0 Å². The number of hydrogen-bond acceptors (Lipinski definition) is 3. The molecule has 0 unspecified atom stereocenters. The highest BCUT2D eigenvalue weighted by atomic mass is 16.2. The Balaban J connectivity index is 1.71. The molecule has 0 aliphatic rings. The molecule has 1 aromatic heterocycles. The molecule has 0 bridgehead atoms. The Morgan fingerprint density at radius 3 is 2.37 bits per heavy atom. The first-order valence-corrected chi connectivity index (χ1v) is 10.0. The van der Waals surface area contributed by atoms with E-state index in [0.29, 0.717) is 32.4 Å². The molecular weight excluding hydrogens is 378 g/mol. The molecule has 3 rings (SSSR count). The summed E-state index contributed by atoms with van der Waals surface area (Å²) in [4.78, 5) is 25.0. The minimum absolute atomic E-state index is 0.0561. The molecule has 0 atom stereocenters. The van der Waals surface area contributed by atoms with Crippen LogP contribution in [0.1, 0.15) is 24.8 Å². The minimum Gasteiger partial charge on any atom is -0.352 e. The van der Waals surface area contributed by atoms with E-state index in [9.17, 15) is 9.59 Å². The van der Waals surface area contributed by atoms with Gasteiger partial charge in [0.25, 0.3) is 0 Å². The lowest BCUT2D eigenvalue weighted by molar-refractivity contribution is -0.130. The van der Waals surface area contributed by atoms with Crippen molar-refractivity contribution in [3.05, 3.63) is 72.4 Å². The number of para-hydroxylation sites is 1. The number of benzene rings is 2. The third kappa shape index (κ3) is 5.70. The van der Waals surface area contributed by atoms with Crippen LogP contribution in [0.25, 0.3) is 16.9 Å². The van der Waals surface area contributed by atoms with Crippen LogP contribution >= 0.6 is 0 Å².